The summed E-state index contributed by atoms with van der Waals surface area (Å²) in [5.41, 5.74) is 5.60. The standard InChI is InChI=1S/C19H19N3O2/c1-23-17-8-15-16(9-18(17)24-2)21-11-22-19(15)13-4-3-12-5-6-20-10-14(12)7-13/h3-4,7-9,11,20H,5-6,10H2,1-2H3. The van der Waals surface area contributed by atoms with Crippen molar-refractivity contribution in [1.82, 2.24) is 15.3 Å². The minimum atomic E-state index is 0.671. The van der Waals surface area contributed by atoms with E-state index >= 15 is 0 Å². The highest BCUT2D eigenvalue weighted by Crippen LogP contribution is 2.35. The lowest BCUT2D eigenvalue weighted by atomic mass is 9.96. The molecule has 0 amide bonds. The average Bonchev–Trinajstić information content (AvgIpc) is 2.65. The van der Waals surface area contributed by atoms with Crippen LogP contribution in [0.2, 0.25) is 0 Å². The van der Waals surface area contributed by atoms with Crippen molar-refractivity contribution in [1.29, 1.82) is 0 Å². The first-order chi connectivity index (χ1) is 11.8. The molecule has 2 heterocycles. The number of fused-ring (bicyclic) bond motifs is 2. The van der Waals surface area contributed by atoms with Crippen molar-refractivity contribution in [3.8, 4) is 22.8 Å². The van der Waals surface area contributed by atoms with Crippen LogP contribution in [0.15, 0.2) is 36.7 Å². The third-order valence-corrected chi connectivity index (χ3v) is 4.51. The summed E-state index contributed by atoms with van der Waals surface area (Å²) < 4.78 is 10.8. The number of methoxy groups -OCH3 is 2. The Labute approximate surface area is 140 Å². The van der Waals surface area contributed by atoms with E-state index in [1.165, 1.54) is 11.1 Å². The van der Waals surface area contributed by atoms with Crippen molar-refractivity contribution in [3.63, 3.8) is 0 Å². The Balaban J connectivity index is 1.90. The highest BCUT2D eigenvalue weighted by molar-refractivity contribution is 5.94. The van der Waals surface area contributed by atoms with Gasteiger partial charge in [0.2, 0.25) is 0 Å². The summed E-state index contributed by atoms with van der Waals surface area (Å²) in [6, 6.07) is 10.4. The van der Waals surface area contributed by atoms with Gasteiger partial charge < -0.3 is 14.8 Å². The minimum absolute atomic E-state index is 0.671. The van der Waals surface area contributed by atoms with Gasteiger partial charge in [0.1, 0.15) is 6.33 Å². The highest BCUT2D eigenvalue weighted by atomic mass is 16.5. The third kappa shape index (κ3) is 2.47. The Morgan fingerprint density at radius 1 is 0.958 bits per heavy atom. The quantitative estimate of drug-likeness (QED) is 0.804. The molecule has 0 saturated carbocycles. The first-order valence-corrected chi connectivity index (χ1v) is 8.00. The Bertz CT molecular complexity index is 908. The number of aromatic nitrogens is 2. The van der Waals surface area contributed by atoms with Gasteiger partial charge in [-0.25, -0.2) is 9.97 Å². The second-order valence-corrected chi connectivity index (χ2v) is 5.86. The van der Waals surface area contributed by atoms with Gasteiger partial charge in [-0.3, -0.25) is 0 Å². The van der Waals surface area contributed by atoms with E-state index in [1.54, 1.807) is 20.5 Å². The summed E-state index contributed by atoms with van der Waals surface area (Å²) in [6.45, 7) is 1.95. The predicted octanol–water partition coefficient (Wildman–Crippen LogP) is 2.96. The van der Waals surface area contributed by atoms with Crippen LogP contribution in [0.1, 0.15) is 11.1 Å². The van der Waals surface area contributed by atoms with E-state index in [1.807, 2.05) is 12.1 Å². The van der Waals surface area contributed by atoms with Gasteiger partial charge in [0.05, 0.1) is 25.4 Å². The summed E-state index contributed by atoms with van der Waals surface area (Å²) in [5, 5.41) is 4.38. The Morgan fingerprint density at radius 3 is 2.62 bits per heavy atom. The van der Waals surface area contributed by atoms with E-state index in [0.29, 0.717) is 11.5 Å². The molecule has 0 aliphatic carbocycles. The molecule has 5 nitrogen and oxygen atoms in total. The molecule has 0 radical (unpaired) electrons. The molecule has 1 N–H and O–H groups in total. The van der Waals surface area contributed by atoms with Crippen LogP contribution in [-0.2, 0) is 13.0 Å². The number of ether oxygens (including phenoxy) is 2. The summed E-state index contributed by atoms with van der Waals surface area (Å²) >= 11 is 0. The molecule has 0 atom stereocenters. The lowest BCUT2D eigenvalue weighted by Crippen LogP contribution is -2.23. The molecule has 4 rings (SSSR count). The molecule has 0 spiro atoms. The predicted molar refractivity (Wildman–Crippen MR) is 93.5 cm³/mol. The van der Waals surface area contributed by atoms with Crippen LogP contribution in [0.25, 0.3) is 22.2 Å². The van der Waals surface area contributed by atoms with Crippen LogP contribution >= 0.6 is 0 Å². The molecule has 3 aromatic rings. The number of nitrogens with zero attached hydrogens (tertiary/aromatic N) is 2. The molecule has 5 heteroatoms. The summed E-state index contributed by atoms with van der Waals surface area (Å²) in [7, 11) is 3.26. The van der Waals surface area contributed by atoms with Gasteiger partial charge in [0.25, 0.3) is 0 Å². The molecule has 0 fully saturated rings. The maximum atomic E-state index is 5.44. The topological polar surface area (TPSA) is 56.3 Å². The van der Waals surface area contributed by atoms with Gasteiger partial charge in [0.15, 0.2) is 11.5 Å². The molecular formula is C19H19N3O2. The molecule has 0 bridgehead atoms. The maximum absolute atomic E-state index is 5.44. The summed E-state index contributed by atoms with van der Waals surface area (Å²) in [5.74, 6) is 1.35. The lowest BCUT2D eigenvalue weighted by Gasteiger charge is -2.18. The van der Waals surface area contributed by atoms with Gasteiger partial charge in [-0.1, -0.05) is 12.1 Å². The number of rotatable bonds is 3. The third-order valence-electron chi connectivity index (χ3n) is 4.51. The minimum Gasteiger partial charge on any atom is -0.493 e. The van der Waals surface area contributed by atoms with Crippen LogP contribution in [0, 0.1) is 0 Å². The number of hydrogen-bond acceptors (Lipinski definition) is 5. The molecule has 0 unspecified atom stereocenters. The van der Waals surface area contributed by atoms with Gasteiger partial charge in [0, 0.05) is 23.6 Å². The summed E-state index contributed by atoms with van der Waals surface area (Å²) in [6.07, 6.45) is 2.67. The average molecular weight is 321 g/mol. The van der Waals surface area contributed by atoms with Gasteiger partial charge in [-0.05, 0) is 36.2 Å². The van der Waals surface area contributed by atoms with E-state index in [0.717, 1.165) is 41.7 Å². The van der Waals surface area contributed by atoms with Crippen LogP contribution < -0.4 is 14.8 Å². The fourth-order valence-corrected chi connectivity index (χ4v) is 3.24. The van der Waals surface area contributed by atoms with Crippen molar-refractivity contribution < 1.29 is 9.47 Å². The van der Waals surface area contributed by atoms with Crippen LogP contribution in [0.4, 0.5) is 0 Å². The zero-order valence-corrected chi connectivity index (χ0v) is 13.8. The van der Waals surface area contributed by atoms with Crippen LogP contribution in [0.5, 0.6) is 11.5 Å². The van der Waals surface area contributed by atoms with Crippen LogP contribution in [0.3, 0.4) is 0 Å². The van der Waals surface area contributed by atoms with Crippen molar-refractivity contribution in [2.24, 2.45) is 0 Å². The molecule has 1 aliphatic rings. The number of nitrogens with one attached hydrogen (secondary N) is 1. The van der Waals surface area contributed by atoms with Gasteiger partial charge >= 0.3 is 0 Å². The van der Waals surface area contributed by atoms with Crippen molar-refractivity contribution >= 4 is 10.9 Å². The zero-order chi connectivity index (χ0) is 16.5. The van der Waals surface area contributed by atoms with E-state index < -0.39 is 0 Å². The smallest absolute Gasteiger partial charge is 0.162 e. The fraction of sp³-hybridized carbons (Fsp3) is 0.263. The maximum Gasteiger partial charge on any atom is 0.162 e. The van der Waals surface area contributed by atoms with Crippen molar-refractivity contribution in [2.75, 3.05) is 20.8 Å². The normalized spacial score (nSPS) is 13.6. The van der Waals surface area contributed by atoms with E-state index in [4.69, 9.17) is 9.47 Å². The van der Waals surface area contributed by atoms with Gasteiger partial charge in [-0.15, -0.1) is 0 Å². The first kappa shape index (κ1) is 14.9. The molecular weight excluding hydrogens is 302 g/mol. The van der Waals surface area contributed by atoms with E-state index in [-0.39, 0.29) is 0 Å². The first-order valence-electron chi connectivity index (χ1n) is 8.00. The molecule has 122 valence electrons. The zero-order valence-electron chi connectivity index (χ0n) is 13.8. The van der Waals surface area contributed by atoms with E-state index in [2.05, 4.69) is 33.5 Å². The van der Waals surface area contributed by atoms with Crippen LogP contribution in [-0.4, -0.2) is 30.7 Å². The second kappa shape index (κ2) is 6.09. The van der Waals surface area contributed by atoms with Gasteiger partial charge in [-0.2, -0.15) is 0 Å². The highest BCUT2D eigenvalue weighted by Gasteiger charge is 2.14. The molecule has 1 aromatic heterocycles. The Kier molecular flexibility index (Phi) is 3.78. The molecule has 2 aromatic carbocycles. The molecule has 1 aliphatic heterocycles. The Hall–Kier alpha value is -2.66. The SMILES string of the molecule is COc1cc2ncnc(-c3ccc4c(c3)CNCC4)c2cc1OC. The second-order valence-electron chi connectivity index (χ2n) is 5.86. The largest absolute Gasteiger partial charge is 0.493 e. The molecule has 24 heavy (non-hydrogen) atoms. The van der Waals surface area contributed by atoms with E-state index in [9.17, 15) is 0 Å². The monoisotopic (exact) mass is 321 g/mol. The van der Waals surface area contributed by atoms with Crippen molar-refractivity contribution in [3.05, 3.63) is 47.8 Å². The fourth-order valence-electron chi connectivity index (χ4n) is 3.24. The summed E-state index contributed by atoms with van der Waals surface area (Å²) in [4.78, 5) is 8.91. The van der Waals surface area contributed by atoms with Crippen molar-refractivity contribution in [2.45, 2.75) is 13.0 Å². The number of hydrogen-bond donors (Lipinski definition) is 1. The number of benzene rings is 2. The lowest BCUT2D eigenvalue weighted by molar-refractivity contribution is 0.356. The Morgan fingerprint density at radius 2 is 1.79 bits per heavy atom. The molecule has 0 saturated heterocycles.